The lowest BCUT2D eigenvalue weighted by atomic mass is 10.3. The van der Waals surface area contributed by atoms with Gasteiger partial charge in [0.25, 0.3) is 0 Å². The van der Waals surface area contributed by atoms with E-state index >= 15 is 0 Å². The molecule has 10 heteroatoms. The van der Waals surface area contributed by atoms with Gasteiger partial charge in [-0.1, -0.05) is 23.5 Å². The number of benzene rings is 2. The normalized spacial score (nSPS) is 10.8. The number of nitrogens with zero attached hydrogens (tertiary/aromatic N) is 4. The summed E-state index contributed by atoms with van der Waals surface area (Å²) in [7, 11) is 1.76. The minimum atomic E-state index is -0.332. The van der Waals surface area contributed by atoms with Gasteiger partial charge in [-0.05, 0) is 48.5 Å². The van der Waals surface area contributed by atoms with Crippen molar-refractivity contribution in [2.75, 3.05) is 5.32 Å². The van der Waals surface area contributed by atoms with Crippen molar-refractivity contribution in [2.45, 2.75) is 26.3 Å². The van der Waals surface area contributed by atoms with Crippen LogP contribution >= 0.6 is 23.5 Å². The first-order valence-corrected chi connectivity index (χ1v) is 11.1. The highest BCUT2D eigenvalue weighted by Crippen LogP contribution is 2.32. The minimum Gasteiger partial charge on any atom is -0.309 e. The highest BCUT2D eigenvalue weighted by molar-refractivity contribution is 7.99. The Kier molecular flexibility index (Phi) is 6.81. The lowest BCUT2D eigenvalue weighted by molar-refractivity contribution is -0.115. The van der Waals surface area contributed by atoms with Crippen LogP contribution < -0.4 is 5.32 Å². The second-order valence-electron chi connectivity index (χ2n) is 6.67. The number of halogens is 2. The van der Waals surface area contributed by atoms with Crippen LogP contribution in [0.1, 0.15) is 5.69 Å². The molecular formula is C22H17F2N5OS2. The SMILES string of the molecule is Cn1ccc(NC(=O)Cc2nc(Sc3ccc(F)cc3)cnc2Sc2ccc(F)cc2)n1. The number of amides is 1. The Hall–Kier alpha value is -3.24. The van der Waals surface area contributed by atoms with E-state index in [2.05, 4.69) is 20.4 Å². The maximum absolute atomic E-state index is 13.2. The second-order valence-corrected chi connectivity index (χ2v) is 8.83. The van der Waals surface area contributed by atoms with Gasteiger partial charge in [0, 0.05) is 29.1 Å². The third-order valence-corrected chi connectivity index (χ3v) is 6.11. The fourth-order valence-corrected chi connectivity index (χ4v) is 4.32. The second kappa shape index (κ2) is 9.92. The van der Waals surface area contributed by atoms with Crippen molar-refractivity contribution >= 4 is 35.2 Å². The molecule has 32 heavy (non-hydrogen) atoms. The topological polar surface area (TPSA) is 72.7 Å². The van der Waals surface area contributed by atoms with Gasteiger partial charge < -0.3 is 5.32 Å². The fourth-order valence-electron chi connectivity index (χ4n) is 2.71. The van der Waals surface area contributed by atoms with Gasteiger partial charge in [0.05, 0.1) is 18.3 Å². The van der Waals surface area contributed by atoms with Crippen LogP contribution in [-0.2, 0) is 18.3 Å². The Bertz CT molecular complexity index is 1230. The maximum Gasteiger partial charge on any atom is 0.231 e. The van der Waals surface area contributed by atoms with Crippen LogP contribution in [-0.4, -0.2) is 25.7 Å². The Morgan fingerprint density at radius 2 is 1.59 bits per heavy atom. The summed E-state index contributed by atoms with van der Waals surface area (Å²) >= 11 is 2.61. The summed E-state index contributed by atoms with van der Waals surface area (Å²) in [5.74, 6) is -0.502. The average molecular weight is 470 g/mol. The number of hydrogen-bond acceptors (Lipinski definition) is 6. The molecule has 0 spiro atoms. The molecular weight excluding hydrogens is 452 g/mol. The summed E-state index contributed by atoms with van der Waals surface area (Å²) in [6, 6.07) is 13.7. The van der Waals surface area contributed by atoms with Crippen molar-refractivity contribution in [2.24, 2.45) is 7.05 Å². The molecule has 4 rings (SSSR count). The lowest BCUT2D eigenvalue weighted by Crippen LogP contribution is -2.17. The van der Waals surface area contributed by atoms with Gasteiger partial charge in [0.2, 0.25) is 5.91 Å². The Labute approximate surface area is 191 Å². The molecule has 162 valence electrons. The molecule has 0 aliphatic heterocycles. The molecule has 6 nitrogen and oxygen atoms in total. The standard InChI is InChI=1S/C22H17F2N5OS2/c1-29-11-10-19(28-29)27-20(30)12-18-22(32-17-8-4-15(24)5-9-17)25-13-21(26-18)31-16-6-2-14(23)3-7-16/h2-11,13H,12H2,1H3,(H,27,28,30). The molecule has 0 aliphatic rings. The minimum absolute atomic E-state index is 0.0229. The van der Waals surface area contributed by atoms with E-state index in [1.165, 1.54) is 47.8 Å². The van der Waals surface area contributed by atoms with E-state index in [1.54, 1.807) is 54.5 Å². The third-order valence-electron chi connectivity index (χ3n) is 4.16. The number of aryl methyl sites for hydroxylation is 1. The summed E-state index contributed by atoms with van der Waals surface area (Å²) in [5.41, 5.74) is 0.472. The molecule has 1 N–H and O–H groups in total. The van der Waals surface area contributed by atoms with Gasteiger partial charge in [-0.25, -0.2) is 18.7 Å². The maximum atomic E-state index is 13.2. The largest absolute Gasteiger partial charge is 0.309 e. The quantitative estimate of drug-likeness (QED) is 0.412. The van der Waals surface area contributed by atoms with E-state index in [9.17, 15) is 13.6 Å². The van der Waals surface area contributed by atoms with Crippen molar-refractivity contribution in [3.05, 3.63) is 84.3 Å². The van der Waals surface area contributed by atoms with Crippen molar-refractivity contribution in [3.63, 3.8) is 0 Å². The monoisotopic (exact) mass is 469 g/mol. The Morgan fingerprint density at radius 1 is 0.969 bits per heavy atom. The summed E-state index contributed by atoms with van der Waals surface area (Å²) < 4.78 is 28.0. The third kappa shape index (κ3) is 5.92. The zero-order valence-electron chi connectivity index (χ0n) is 16.8. The highest BCUT2D eigenvalue weighted by atomic mass is 32.2. The summed E-state index contributed by atoms with van der Waals surface area (Å²) in [5, 5.41) is 7.99. The van der Waals surface area contributed by atoms with Gasteiger partial charge in [-0.15, -0.1) is 0 Å². The number of anilines is 1. The smallest absolute Gasteiger partial charge is 0.231 e. The van der Waals surface area contributed by atoms with E-state index in [0.717, 1.165) is 9.79 Å². The van der Waals surface area contributed by atoms with Crippen molar-refractivity contribution < 1.29 is 13.6 Å². The molecule has 0 saturated heterocycles. The molecule has 0 fully saturated rings. The van der Waals surface area contributed by atoms with Crippen LogP contribution in [0.25, 0.3) is 0 Å². The molecule has 2 aromatic heterocycles. The summed E-state index contributed by atoms with van der Waals surface area (Å²) in [6.07, 6.45) is 3.30. The Balaban J connectivity index is 1.58. The first kappa shape index (κ1) is 22.0. The molecule has 0 bridgehead atoms. The van der Waals surface area contributed by atoms with Crippen LogP contribution in [0.2, 0.25) is 0 Å². The van der Waals surface area contributed by atoms with E-state index in [1.807, 2.05) is 0 Å². The molecule has 2 heterocycles. The molecule has 1 amide bonds. The molecule has 0 atom stereocenters. The van der Waals surface area contributed by atoms with Crippen LogP contribution in [0.5, 0.6) is 0 Å². The number of nitrogens with one attached hydrogen (secondary N) is 1. The van der Waals surface area contributed by atoms with Crippen molar-refractivity contribution in [3.8, 4) is 0 Å². The molecule has 2 aromatic carbocycles. The van der Waals surface area contributed by atoms with Gasteiger partial charge in [-0.2, -0.15) is 5.10 Å². The van der Waals surface area contributed by atoms with E-state index in [4.69, 9.17) is 0 Å². The predicted molar refractivity (Wildman–Crippen MR) is 119 cm³/mol. The fraction of sp³-hybridized carbons (Fsp3) is 0.0909. The van der Waals surface area contributed by atoms with Crippen LogP contribution in [0, 0.1) is 11.6 Å². The van der Waals surface area contributed by atoms with E-state index < -0.39 is 0 Å². The first-order valence-electron chi connectivity index (χ1n) is 9.47. The molecule has 0 unspecified atom stereocenters. The van der Waals surface area contributed by atoms with Crippen LogP contribution in [0.3, 0.4) is 0 Å². The number of carbonyl (C=O) groups is 1. The van der Waals surface area contributed by atoms with E-state index in [-0.39, 0.29) is 24.0 Å². The zero-order chi connectivity index (χ0) is 22.5. The Morgan fingerprint density at radius 3 is 2.19 bits per heavy atom. The number of hydrogen-bond donors (Lipinski definition) is 1. The molecule has 4 aromatic rings. The molecule has 0 radical (unpaired) electrons. The van der Waals surface area contributed by atoms with Gasteiger partial charge in [0.1, 0.15) is 21.7 Å². The molecule has 0 saturated carbocycles. The van der Waals surface area contributed by atoms with Crippen molar-refractivity contribution in [1.82, 2.24) is 19.7 Å². The van der Waals surface area contributed by atoms with Gasteiger partial charge in [-0.3, -0.25) is 9.48 Å². The summed E-state index contributed by atoms with van der Waals surface area (Å²) in [6.45, 7) is 0. The van der Waals surface area contributed by atoms with Gasteiger partial charge >= 0.3 is 0 Å². The number of aromatic nitrogens is 4. The summed E-state index contributed by atoms with van der Waals surface area (Å²) in [4.78, 5) is 23.3. The number of rotatable bonds is 7. The van der Waals surface area contributed by atoms with Crippen LogP contribution in [0.4, 0.5) is 14.6 Å². The zero-order valence-corrected chi connectivity index (χ0v) is 18.5. The van der Waals surface area contributed by atoms with Gasteiger partial charge in [0.15, 0.2) is 5.82 Å². The van der Waals surface area contributed by atoms with E-state index in [0.29, 0.717) is 21.6 Å². The lowest BCUT2D eigenvalue weighted by Gasteiger charge is -2.10. The molecule has 0 aliphatic carbocycles. The number of carbonyl (C=O) groups excluding carboxylic acids is 1. The predicted octanol–water partition coefficient (Wildman–Crippen LogP) is 4.97. The van der Waals surface area contributed by atoms with Crippen LogP contribution in [0.15, 0.2) is 86.8 Å². The average Bonchev–Trinajstić information content (AvgIpc) is 3.17. The first-order chi connectivity index (χ1) is 15.4. The highest BCUT2D eigenvalue weighted by Gasteiger charge is 2.15. The van der Waals surface area contributed by atoms with Crippen molar-refractivity contribution in [1.29, 1.82) is 0 Å².